The van der Waals surface area contributed by atoms with E-state index in [0.29, 0.717) is 5.56 Å². The van der Waals surface area contributed by atoms with E-state index in [4.69, 9.17) is 0 Å². The first-order valence-corrected chi connectivity index (χ1v) is 4.95. The maximum Gasteiger partial charge on any atom is 0.320 e. The van der Waals surface area contributed by atoms with Crippen molar-refractivity contribution in [2.45, 2.75) is 26.3 Å². The first-order valence-electron chi connectivity index (χ1n) is 4.95. The summed E-state index contributed by atoms with van der Waals surface area (Å²) < 4.78 is 0. The number of nitrogens with zero attached hydrogens (tertiary/aromatic N) is 2. The Hall–Kier alpha value is -2.18. The summed E-state index contributed by atoms with van der Waals surface area (Å²) in [5.41, 5.74) is -0.265. The van der Waals surface area contributed by atoms with E-state index in [1.54, 1.807) is 13.8 Å². The van der Waals surface area contributed by atoms with Crippen molar-refractivity contribution in [2.24, 2.45) is 0 Å². The van der Waals surface area contributed by atoms with Gasteiger partial charge in [-0.2, -0.15) is 0 Å². The van der Waals surface area contributed by atoms with E-state index in [9.17, 15) is 25.3 Å². The van der Waals surface area contributed by atoms with Gasteiger partial charge in [-0.3, -0.25) is 20.2 Å². The predicted octanol–water partition coefficient (Wildman–Crippen LogP) is 2.20. The highest BCUT2D eigenvalue weighted by Gasteiger charge is 2.26. The fourth-order valence-electron chi connectivity index (χ4n) is 1.57. The first kappa shape index (κ1) is 12.9. The van der Waals surface area contributed by atoms with Crippen molar-refractivity contribution in [1.29, 1.82) is 0 Å². The fourth-order valence-corrected chi connectivity index (χ4v) is 1.57. The number of rotatable bonds is 4. The van der Waals surface area contributed by atoms with Crippen LogP contribution in [0, 0.1) is 20.2 Å². The molecule has 7 heteroatoms. The largest absolute Gasteiger partial charge is 0.502 e. The Balaban J connectivity index is 3.39. The van der Waals surface area contributed by atoms with Crippen molar-refractivity contribution in [3.05, 3.63) is 43.5 Å². The maximum absolute atomic E-state index is 10.8. The average molecular weight is 240 g/mol. The zero-order valence-electron chi connectivity index (χ0n) is 9.41. The molecule has 17 heavy (non-hydrogen) atoms. The van der Waals surface area contributed by atoms with E-state index in [1.165, 1.54) is 12.1 Å². The van der Waals surface area contributed by atoms with Gasteiger partial charge in [0.2, 0.25) is 6.54 Å². The van der Waals surface area contributed by atoms with Crippen LogP contribution in [0.4, 0.5) is 5.69 Å². The lowest BCUT2D eigenvalue weighted by molar-refractivity contribution is -0.498. The molecule has 1 N–H and O–H groups in total. The summed E-state index contributed by atoms with van der Waals surface area (Å²) in [5, 5.41) is 31.0. The summed E-state index contributed by atoms with van der Waals surface area (Å²) in [6.07, 6.45) is 0. The molecule has 0 amide bonds. The van der Waals surface area contributed by atoms with E-state index in [2.05, 4.69) is 0 Å². The summed E-state index contributed by atoms with van der Waals surface area (Å²) in [7, 11) is 0. The first-order chi connectivity index (χ1) is 7.84. The van der Waals surface area contributed by atoms with Gasteiger partial charge in [0.15, 0.2) is 5.75 Å². The highest BCUT2D eigenvalue weighted by atomic mass is 16.6. The molecule has 0 spiro atoms. The molecule has 92 valence electrons. The summed E-state index contributed by atoms with van der Waals surface area (Å²) in [5.74, 6) is -0.581. The Morgan fingerprint density at radius 2 is 1.88 bits per heavy atom. The Morgan fingerprint density at radius 1 is 1.29 bits per heavy atom. The normalized spacial score (nSPS) is 10.5. The number of nitro groups is 2. The number of nitro benzene ring substituents is 1. The molecule has 0 aliphatic heterocycles. The van der Waals surface area contributed by atoms with E-state index < -0.39 is 27.8 Å². The van der Waals surface area contributed by atoms with Crippen molar-refractivity contribution < 1.29 is 15.0 Å². The summed E-state index contributed by atoms with van der Waals surface area (Å²) >= 11 is 0. The quantitative estimate of drug-likeness (QED) is 0.641. The lowest BCUT2D eigenvalue weighted by Crippen LogP contribution is -2.04. The van der Waals surface area contributed by atoms with Crippen molar-refractivity contribution in [3.8, 4) is 5.75 Å². The van der Waals surface area contributed by atoms with Gasteiger partial charge in [-0.15, -0.1) is 0 Å². The Bertz CT molecular complexity index is 470. The van der Waals surface area contributed by atoms with Crippen LogP contribution in [0.1, 0.15) is 30.9 Å². The second-order valence-corrected chi connectivity index (χ2v) is 3.91. The maximum atomic E-state index is 10.8. The zero-order chi connectivity index (χ0) is 13.2. The van der Waals surface area contributed by atoms with E-state index in [0.717, 1.165) is 0 Å². The standard InChI is InChI=1S/C10H12N2O5/c1-6(2)8-4-3-7(5-11(14)15)9(10(8)13)12(16)17/h3-4,6,13H,5H2,1-2H3. The third-order valence-electron chi connectivity index (χ3n) is 2.37. The predicted molar refractivity (Wildman–Crippen MR) is 59.5 cm³/mol. The van der Waals surface area contributed by atoms with Gasteiger partial charge in [-0.25, -0.2) is 0 Å². The summed E-state index contributed by atoms with van der Waals surface area (Å²) in [6.45, 7) is 2.86. The van der Waals surface area contributed by atoms with Crippen molar-refractivity contribution in [2.75, 3.05) is 0 Å². The molecule has 0 aliphatic rings. The Kier molecular flexibility index (Phi) is 3.62. The molecule has 7 nitrogen and oxygen atoms in total. The lowest BCUT2D eigenvalue weighted by atomic mass is 9.98. The van der Waals surface area contributed by atoms with Gasteiger partial charge in [-0.1, -0.05) is 19.9 Å². The molecule has 1 aromatic carbocycles. The molecular weight excluding hydrogens is 228 g/mol. The molecule has 0 bridgehead atoms. The van der Waals surface area contributed by atoms with Gasteiger partial charge < -0.3 is 5.11 Å². The van der Waals surface area contributed by atoms with Crippen molar-refractivity contribution >= 4 is 5.69 Å². The molecule has 0 aromatic heterocycles. The van der Waals surface area contributed by atoms with Crippen molar-refractivity contribution in [1.82, 2.24) is 0 Å². The van der Waals surface area contributed by atoms with Crippen LogP contribution in [0.2, 0.25) is 0 Å². The average Bonchev–Trinajstić information content (AvgIpc) is 2.15. The minimum Gasteiger partial charge on any atom is -0.502 e. The summed E-state index contributed by atoms with van der Waals surface area (Å²) in [4.78, 5) is 19.7. The van der Waals surface area contributed by atoms with Crippen LogP contribution >= 0.6 is 0 Å². The number of phenolic OH excluding ortho intramolecular Hbond substituents is 1. The number of benzene rings is 1. The second-order valence-electron chi connectivity index (χ2n) is 3.91. The Morgan fingerprint density at radius 3 is 2.29 bits per heavy atom. The van der Waals surface area contributed by atoms with Crippen LogP contribution in [0.3, 0.4) is 0 Å². The van der Waals surface area contributed by atoms with E-state index >= 15 is 0 Å². The highest BCUT2D eigenvalue weighted by Crippen LogP contribution is 2.37. The molecule has 0 fully saturated rings. The van der Waals surface area contributed by atoms with Crippen LogP contribution in [0.15, 0.2) is 12.1 Å². The van der Waals surface area contributed by atoms with E-state index in [1.807, 2.05) is 0 Å². The molecular formula is C10H12N2O5. The van der Waals surface area contributed by atoms with Crippen LogP contribution in [-0.4, -0.2) is 15.0 Å². The minimum absolute atomic E-state index is 0.0955. The van der Waals surface area contributed by atoms with Crippen LogP contribution < -0.4 is 0 Å². The third kappa shape index (κ3) is 2.68. The van der Waals surface area contributed by atoms with Gasteiger partial charge in [0.1, 0.15) is 5.56 Å². The zero-order valence-corrected chi connectivity index (χ0v) is 9.41. The molecule has 0 aliphatic carbocycles. The molecule has 1 aromatic rings. The van der Waals surface area contributed by atoms with Gasteiger partial charge in [0, 0.05) is 10.5 Å². The fraction of sp³-hybridized carbons (Fsp3) is 0.400. The van der Waals surface area contributed by atoms with Crippen LogP contribution in [-0.2, 0) is 6.54 Å². The molecule has 0 radical (unpaired) electrons. The number of hydrogen-bond acceptors (Lipinski definition) is 5. The lowest BCUT2D eigenvalue weighted by Gasteiger charge is -2.09. The third-order valence-corrected chi connectivity index (χ3v) is 2.37. The number of phenols is 1. The van der Waals surface area contributed by atoms with Crippen LogP contribution in [0.5, 0.6) is 5.75 Å². The van der Waals surface area contributed by atoms with Gasteiger partial charge >= 0.3 is 5.69 Å². The highest BCUT2D eigenvalue weighted by molar-refractivity contribution is 5.57. The van der Waals surface area contributed by atoms with Gasteiger partial charge in [-0.05, 0) is 12.0 Å². The SMILES string of the molecule is CC(C)c1ccc(C[N+](=O)[O-])c([N+](=O)[O-])c1O. The molecule has 0 unspecified atom stereocenters. The second kappa shape index (κ2) is 4.77. The van der Waals surface area contributed by atoms with Gasteiger partial charge in [0.05, 0.1) is 4.92 Å². The van der Waals surface area contributed by atoms with Crippen molar-refractivity contribution in [3.63, 3.8) is 0 Å². The monoisotopic (exact) mass is 240 g/mol. The van der Waals surface area contributed by atoms with E-state index in [-0.39, 0.29) is 11.5 Å². The molecule has 0 saturated heterocycles. The molecule has 1 rings (SSSR count). The number of hydrogen-bond donors (Lipinski definition) is 1. The topological polar surface area (TPSA) is 107 Å². The molecule has 0 heterocycles. The smallest absolute Gasteiger partial charge is 0.320 e. The number of aromatic hydroxyl groups is 1. The van der Waals surface area contributed by atoms with Crippen LogP contribution in [0.25, 0.3) is 0 Å². The molecule has 0 atom stereocenters. The van der Waals surface area contributed by atoms with Gasteiger partial charge in [0.25, 0.3) is 0 Å². The minimum atomic E-state index is -0.792. The Labute approximate surface area is 97.0 Å². The molecule has 0 saturated carbocycles. The summed E-state index contributed by atoms with van der Waals surface area (Å²) in [6, 6.07) is 2.79.